The molecule has 94 valence electrons. The fourth-order valence-electron chi connectivity index (χ4n) is 1.08. The molecule has 0 saturated carbocycles. The van der Waals surface area contributed by atoms with Gasteiger partial charge in [0.2, 0.25) is 11.8 Å². The highest BCUT2D eigenvalue weighted by molar-refractivity contribution is 5.86. The summed E-state index contributed by atoms with van der Waals surface area (Å²) in [5.41, 5.74) is 4.40. The maximum atomic E-state index is 11.2. The summed E-state index contributed by atoms with van der Waals surface area (Å²) in [5, 5.41) is 2.93. The van der Waals surface area contributed by atoms with Crippen LogP contribution in [0.1, 0.15) is 27.2 Å². The van der Waals surface area contributed by atoms with Crippen molar-refractivity contribution in [3.8, 4) is 5.88 Å². The number of hydrogen-bond acceptors (Lipinski definition) is 5. The van der Waals surface area contributed by atoms with E-state index in [0.717, 1.165) is 6.42 Å². The van der Waals surface area contributed by atoms with E-state index < -0.39 is 11.4 Å². The molecule has 0 saturated heterocycles. The lowest BCUT2D eigenvalue weighted by Crippen LogP contribution is -2.45. The number of nitrogens with zero attached hydrogens (tertiary/aromatic N) is 2. The van der Waals surface area contributed by atoms with E-state index in [1.54, 1.807) is 19.9 Å². The average molecular weight is 238 g/mol. The van der Waals surface area contributed by atoms with E-state index in [1.165, 1.54) is 6.33 Å². The number of nitrogens with one attached hydrogen (secondary N) is 1. The smallest absolute Gasteiger partial charge is 0.242 e. The first-order valence-corrected chi connectivity index (χ1v) is 5.48. The van der Waals surface area contributed by atoms with Crippen LogP contribution in [-0.2, 0) is 4.79 Å². The second-order valence-corrected chi connectivity index (χ2v) is 4.20. The fraction of sp³-hybridized carbons (Fsp3) is 0.545. The topological polar surface area (TPSA) is 90.1 Å². The Labute approximate surface area is 101 Å². The highest BCUT2D eigenvalue weighted by atomic mass is 16.5. The van der Waals surface area contributed by atoms with Gasteiger partial charge in [0.05, 0.1) is 6.61 Å². The molecule has 1 amide bonds. The van der Waals surface area contributed by atoms with Gasteiger partial charge in [-0.2, -0.15) is 0 Å². The summed E-state index contributed by atoms with van der Waals surface area (Å²) in [6.07, 6.45) is 2.28. The van der Waals surface area contributed by atoms with Gasteiger partial charge < -0.3 is 15.8 Å². The number of amides is 1. The molecule has 0 aliphatic heterocycles. The third-order valence-corrected chi connectivity index (χ3v) is 2.15. The molecule has 1 rings (SSSR count). The zero-order valence-corrected chi connectivity index (χ0v) is 10.4. The van der Waals surface area contributed by atoms with Crippen LogP contribution in [0.15, 0.2) is 12.4 Å². The van der Waals surface area contributed by atoms with Gasteiger partial charge in [-0.25, -0.2) is 9.97 Å². The zero-order chi connectivity index (χ0) is 12.9. The molecule has 0 aliphatic rings. The van der Waals surface area contributed by atoms with Crippen LogP contribution in [0.25, 0.3) is 0 Å². The van der Waals surface area contributed by atoms with Crippen LogP contribution < -0.4 is 15.8 Å². The van der Waals surface area contributed by atoms with E-state index in [-0.39, 0.29) is 0 Å². The molecule has 0 radical (unpaired) electrons. The molecule has 1 aromatic rings. The van der Waals surface area contributed by atoms with Gasteiger partial charge in [-0.15, -0.1) is 0 Å². The fourth-order valence-corrected chi connectivity index (χ4v) is 1.08. The Bertz CT molecular complexity index is 393. The highest BCUT2D eigenvalue weighted by Crippen LogP contribution is 2.16. The van der Waals surface area contributed by atoms with Crippen LogP contribution in [0.5, 0.6) is 5.88 Å². The molecule has 0 spiro atoms. The minimum Gasteiger partial charge on any atom is -0.478 e. The summed E-state index contributed by atoms with van der Waals surface area (Å²) in [5.74, 6) is 0.534. The van der Waals surface area contributed by atoms with Gasteiger partial charge in [-0.1, -0.05) is 6.92 Å². The second-order valence-electron chi connectivity index (χ2n) is 4.20. The summed E-state index contributed by atoms with van der Waals surface area (Å²) in [6, 6.07) is 1.64. The molecule has 6 heteroatoms. The van der Waals surface area contributed by atoms with E-state index in [1.807, 2.05) is 6.92 Å². The average Bonchev–Trinajstić information content (AvgIpc) is 2.26. The Kier molecular flexibility index (Phi) is 4.25. The van der Waals surface area contributed by atoms with Crippen molar-refractivity contribution in [3.05, 3.63) is 12.4 Å². The van der Waals surface area contributed by atoms with Crippen LogP contribution in [0.2, 0.25) is 0 Å². The predicted octanol–water partition coefficient (Wildman–Crippen LogP) is 0.941. The van der Waals surface area contributed by atoms with Crippen molar-refractivity contribution in [1.82, 2.24) is 9.97 Å². The molecule has 0 fully saturated rings. The Morgan fingerprint density at radius 3 is 2.82 bits per heavy atom. The molecule has 3 N–H and O–H groups in total. The Morgan fingerprint density at radius 2 is 2.24 bits per heavy atom. The summed E-state index contributed by atoms with van der Waals surface area (Å²) in [4.78, 5) is 19.1. The van der Waals surface area contributed by atoms with E-state index >= 15 is 0 Å². The third kappa shape index (κ3) is 3.90. The van der Waals surface area contributed by atoms with Crippen molar-refractivity contribution in [2.75, 3.05) is 11.9 Å². The number of hydrogen-bond donors (Lipinski definition) is 2. The number of anilines is 1. The molecule has 0 aliphatic carbocycles. The molecule has 6 nitrogen and oxygen atoms in total. The minimum atomic E-state index is -0.865. The van der Waals surface area contributed by atoms with Crippen LogP contribution in [0.3, 0.4) is 0 Å². The maximum absolute atomic E-state index is 11.2. The van der Waals surface area contributed by atoms with E-state index in [2.05, 4.69) is 15.3 Å². The van der Waals surface area contributed by atoms with E-state index in [4.69, 9.17) is 10.5 Å². The summed E-state index contributed by atoms with van der Waals surface area (Å²) >= 11 is 0. The van der Waals surface area contributed by atoms with Gasteiger partial charge in [0.15, 0.2) is 0 Å². The molecular formula is C11H18N4O2. The quantitative estimate of drug-likeness (QED) is 0.769. The molecule has 0 atom stereocenters. The van der Waals surface area contributed by atoms with Crippen LogP contribution >= 0.6 is 0 Å². The first-order valence-electron chi connectivity index (χ1n) is 5.48. The van der Waals surface area contributed by atoms with Crippen LogP contribution in [0, 0.1) is 0 Å². The van der Waals surface area contributed by atoms with Crippen LogP contribution in [-0.4, -0.2) is 28.0 Å². The minimum absolute atomic E-state index is 0.452. The standard InChI is InChI=1S/C11H18N4O2/c1-4-5-17-9-6-8(13-7-14-9)15-11(2,3)10(12)16/h6-7H,4-5H2,1-3H3,(H2,12,16)(H,13,14,15). The normalized spacial score (nSPS) is 11.0. The lowest BCUT2D eigenvalue weighted by atomic mass is 10.1. The molecule has 1 aromatic heterocycles. The van der Waals surface area contributed by atoms with Gasteiger partial charge in [0.1, 0.15) is 17.7 Å². The van der Waals surface area contributed by atoms with Crippen LogP contribution in [0.4, 0.5) is 5.82 Å². The lowest BCUT2D eigenvalue weighted by Gasteiger charge is -2.22. The molecule has 0 unspecified atom stereocenters. The Morgan fingerprint density at radius 1 is 1.53 bits per heavy atom. The summed E-state index contributed by atoms with van der Waals surface area (Å²) in [6.45, 7) is 5.97. The zero-order valence-electron chi connectivity index (χ0n) is 10.4. The van der Waals surface area contributed by atoms with Crippen molar-refractivity contribution in [3.63, 3.8) is 0 Å². The summed E-state index contributed by atoms with van der Waals surface area (Å²) < 4.78 is 5.36. The second kappa shape index (κ2) is 5.47. The monoisotopic (exact) mass is 238 g/mol. The van der Waals surface area contributed by atoms with Gasteiger partial charge in [0, 0.05) is 6.07 Å². The molecule has 1 heterocycles. The molecular weight excluding hydrogens is 220 g/mol. The molecule has 0 aromatic carbocycles. The first-order chi connectivity index (χ1) is 7.95. The maximum Gasteiger partial charge on any atom is 0.242 e. The SMILES string of the molecule is CCCOc1cc(NC(C)(C)C(N)=O)ncn1. The number of nitrogens with two attached hydrogens (primary N) is 1. The number of primary amides is 1. The van der Waals surface area contributed by atoms with Crippen molar-refractivity contribution < 1.29 is 9.53 Å². The predicted molar refractivity (Wildman–Crippen MR) is 64.7 cm³/mol. The van der Waals surface area contributed by atoms with Gasteiger partial charge in [-0.3, -0.25) is 4.79 Å². The largest absolute Gasteiger partial charge is 0.478 e. The number of ether oxygens (including phenoxy) is 1. The van der Waals surface area contributed by atoms with Gasteiger partial charge >= 0.3 is 0 Å². The van der Waals surface area contributed by atoms with Crippen molar-refractivity contribution >= 4 is 11.7 Å². The Balaban J connectivity index is 2.75. The van der Waals surface area contributed by atoms with Gasteiger partial charge in [0.25, 0.3) is 0 Å². The number of rotatable bonds is 6. The highest BCUT2D eigenvalue weighted by Gasteiger charge is 2.24. The van der Waals surface area contributed by atoms with Crippen molar-refractivity contribution in [2.24, 2.45) is 5.73 Å². The van der Waals surface area contributed by atoms with E-state index in [9.17, 15) is 4.79 Å². The Hall–Kier alpha value is -1.85. The number of carbonyl (C=O) groups excluding carboxylic acids is 1. The number of aromatic nitrogens is 2. The first kappa shape index (κ1) is 13.2. The third-order valence-electron chi connectivity index (χ3n) is 2.15. The van der Waals surface area contributed by atoms with Crippen molar-refractivity contribution in [1.29, 1.82) is 0 Å². The molecule has 17 heavy (non-hydrogen) atoms. The van der Waals surface area contributed by atoms with Crippen molar-refractivity contribution in [2.45, 2.75) is 32.7 Å². The number of carbonyl (C=O) groups is 1. The molecule has 0 bridgehead atoms. The summed E-state index contributed by atoms with van der Waals surface area (Å²) in [7, 11) is 0. The van der Waals surface area contributed by atoms with E-state index in [0.29, 0.717) is 18.3 Å². The lowest BCUT2D eigenvalue weighted by molar-refractivity contribution is -0.121. The van der Waals surface area contributed by atoms with Gasteiger partial charge in [-0.05, 0) is 20.3 Å².